The number of nitrogens with one attached hydrogen (secondary N) is 1. The first-order valence-corrected chi connectivity index (χ1v) is 5.10. The number of hydrogen-bond donors (Lipinski definition) is 1. The fourth-order valence-corrected chi connectivity index (χ4v) is 1.42. The van der Waals surface area contributed by atoms with E-state index in [1.807, 2.05) is 13.1 Å². The molecule has 14 heavy (non-hydrogen) atoms. The third kappa shape index (κ3) is 3.52. The molecule has 0 aliphatic heterocycles. The van der Waals surface area contributed by atoms with Crippen molar-refractivity contribution in [2.24, 2.45) is 0 Å². The van der Waals surface area contributed by atoms with Gasteiger partial charge in [0.05, 0.1) is 12.8 Å². The number of hydrogen-bond acceptors (Lipinski definition) is 3. The van der Waals surface area contributed by atoms with Gasteiger partial charge < -0.3 is 9.73 Å². The number of rotatable bonds is 6. The summed E-state index contributed by atoms with van der Waals surface area (Å²) in [5.41, 5.74) is 1.24. The van der Waals surface area contributed by atoms with Crippen LogP contribution in [0.15, 0.2) is 16.7 Å². The van der Waals surface area contributed by atoms with E-state index in [-0.39, 0.29) is 0 Å². The van der Waals surface area contributed by atoms with Crippen LogP contribution in [0.5, 0.6) is 0 Å². The lowest BCUT2D eigenvalue weighted by Gasteiger charge is -2.15. The van der Waals surface area contributed by atoms with Crippen LogP contribution in [0.1, 0.15) is 17.7 Å². The predicted molar refractivity (Wildman–Crippen MR) is 58.3 cm³/mol. The van der Waals surface area contributed by atoms with Gasteiger partial charge in [-0.25, -0.2) is 0 Å². The Hall–Kier alpha value is -0.800. The van der Waals surface area contributed by atoms with E-state index in [0.29, 0.717) is 0 Å². The zero-order valence-electron chi connectivity index (χ0n) is 9.34. The van der Waals surface area contributed by atoms with Crippen LogP contribution in [0.25, 0.3) is 0 Å². The Morgan fingerprint density at radius 2 is 2.29 bits per heavy atom. The Kier molecular flexibility index (Phi) is 4.70. The molecule has 1 N–H and O–H groups in total. The molecule has 0 radical (unpaired) electrons. The molecule has 0 fully saturated rings. The van der Waals surface area contributed by atoms with Gasteiger partial charge in [0.1, 0.15) is 5.76 Å². The van der Waals surface area contributed by atoms with Gasteiger partial charge in [0, 0.05) is 0 Å². The molecule has 3 nitrogen and oxygen atoms in total. The third-order valence-corrected chi connectivity index (χ3v) is 2.35. The molecule has 0 aromatic carbocycles. The molecule has 0 saturated heterocycles. The second-order valence-electron chi connectivity index (χ2n) is 3.72. The largest absolute Gasteiger partial charge is 0.468 e. The molecule has 1 rings (SSSR count). The highest BCUT2D eigenvalue weighted by Gasteiger charge is 2.05. The summed E-state index contributed by atoms with van der Waals surface area (Å²) in [5, 5.41) is 3.14. The van der Waals surface area contributed by atoms with E-state index in [0.717, 1.165) is 25.4 Å². The van der Waals surface area contributed by atoms with Gasteiger partial charge in [0.25, 0.3) is 0 Å². The average molecular weight is 196 g/mol. The minimum Gasteiger partial charge on any atom is -0.468 e. The highest BCUT2D eigenvalue weighted by atomic mass is 16.3. The van der Waals surface area contributed by atoms with Crippen molar-refractivity contribution in [3.8, 4) is 0 Å². The summed E-state index contributed by atoms with van der Waals surface area (Å²) in [6, 6.07) is 2.01. The molecule has 1 aromatic rings. The maximum atomic E-state index is 5.38. The maximum absolute atomic E-state index is 5.38. The molecule has 3 heteroatoms. The number of nitrogens with zero attached hydrogens (tertiary/aromatic N) is 1. The van der Waals surface area contributed by atoms with Crippen molar-refractivity contribution in [2.45, 2.75) is 19.9 Å². The first-order valence-electron chi connectivity index (χ1n) is 5.10. The Balaban J connectivity index is 2.27. The van der Waals surface area contributed by atoms with Crippen molar-refractivity contribution in [1.82, 2.24) is 10.2 Å². The molecular weight excluding hydrogens is 176 g/mol. The first kappa shape index (κ1) is 11.3. The molecule has 0 aliphatic rings. The molecule has 0 aliphatic carbocycles. The van der Waals surface area contributed by atoms with Gasteiger partial charge in [-0.2, -0.15) is 0 Å². The van der Waals surface area contributed by atoms with Crippen molar-refractivity contribution in [3.05, 3.63) is 23.7 Å². The minimum atomic E-state index is 0.905. The van der Waals surface area contributed by atoms with Gasteiger partial charge in [0.2, 0.25) is 0 Å². The summed E-state index contributed by atoms with van der Waals surface area (Å²) < 4.78 is 5.38. The second kappa shape index (κ2) is 5.83. The Morgan fingerprint density at radius 1 is 1.50 bits per heavy atom. The Bertz CT molecular complexity index is 258. The fourth-order valence-electron chi connectivity index (χ4n) is 1.42. The summed E-state index contributed by atoms with van der Waals surface area (Å²) in [4.78, 5) is 2.28. The molecule has 0 unspecified atom stereocenters. The van der Waals surface area contributed by atoms with Crippen LogP contribution in [0.2, 0.25) is 0 Å². The molecule has 1 aromatic heterocycles. The van der Waals surface area contributed by atoms with Crippen LogP contribution in [-0.2, 0) is 6.54 Å². The normalized spacial score (nSPS) is 11.1. The van der Waals surface area contributed by atoms with Gasteiger partial charge >= 0.3 is 0 Å². The van der Waals surface area contributed by atoms with E-state index in [1.54, 1.807) is 6.26 Å². The van der Waals surface area contributed by atoms with Crippen LogP contribution in [0.3, 0.4) is 0 Å². The van der Waals surface area contributed by atoms with Crippen LogP contribution in [0.4, 0.5) is 0 Å². The molecule has 0 bridgehead atoms. The highest BCUT2D eigenvalue weighted by molar-refractivity contribution is 5.14. The summed E-state index contributed by atoms with van der Waals surface area (Å²) in [6.45, 7) is 5.16. The zero-order valence-corrected chi connectivity index (χ0v) is 9.34. The third-order valence-electron chi connectivity index (χ3n) is 2.35. The van der Waals surface area contributed by atoms with E-state index >= 15 is 0 Å². The summed E-state index contributed by atoms with van der Waals surface area (Å²) >= 11 is 0. The average Bonchev–Trinajstić information content (AvgIpc) is 2.52. The summed E-state index contributed by atoms with van der Waals surface area (Å²) in [6.07, 6.45) is 2.93. The fraction of sp³-hybridized carbons (Fsp3) is 0.636. The van der Waals surface area contributed by atoms with Gasteiger partial charge in [-0.1, -0.05) is 0 Å². The van der Waals surface area contributed by atoms with E-state index in [4.69, 9.17) is 4.42 Å². The minimum absolute atomic E-state index is 0.905. The Morgan fingerprint density at radius 3 is 2.86 bits per heavy atom. The second-order valence-corrected chi connectivity index (χ2v) is 3.72. The molecule has 0 saturated carbocycles. The lowest BCUT2D eigenvalue weighted by atomic mass is 10.2. The topological polar surface area (TPSA) is 28.4 Å². The number of aryl methyl sites for hydroxylation is 1. The zero-order chi connectivity index (χ0) is 10.4. The molecule has 1 heterocycles. The van der Waals surface area contributed by atoms with E-state index in [1.165, 1.54) is 12.0 Å². The van der Waals surface area contributed by atoms with Crippen LogP contribution < -0.4 is 5.32 Å². The molecule has 0 atom stereocenters. The van der Waals surface area contributed by atoms with Gasteiger partial charge in [-0.3, -0.25) is 4.90 Å². The van der Waals surface area contributed by atoms with E-state index in [2.05, 4.69) is 24.2 Å². The summed E-state index contributed by atoms with van der Waals surface area (Å²) in [7, 11) is 4.11. The van der Waals surface area contributed by atoms with Crippen molar-refractivity contribution in [2.75, 3.05) is 27.2 Å². The maximum Gasteiger partial charge on any atom is 0.120 e. The predicted octanol–water partition coefficient (Wildman–Crippen LogP) is 1.63. The van der Waals surface area contributed by atoms with Crippen molar-refractivity contribution in [3.63, 3.8) is 0 Å². The standard InChI is InChI=1S/C11H20N2O/c1-10-5-8-14-11(10)9-13(3)7-4-6-12-2/h5,8,12H,4,6-7,9H2,1-3H3. The lowest BCUT2D eigenvalue weighted by molar-refractivity contribution is 0.290. The summed E-state index contributed by atoms with van der Waals surface area (Å²) in [5.74, 6) is 1.08. The van der Waals surface area contributed by atoms with Crippen LogP contribution in [0, 0.1) is 6.92 Å². The number of furan rings is 1. The quantitative estimate of drug-likeness (QED) is 0.701. The van der Waals surface area contributed by atoms with E-state index in [9.17, 15) is 0 Å². The van der Waals surface area contributed by atoms with E-state index < -0.39 is 0 Å². The SMILES string of the molecule is CNCCCN(C)Cc1occc1C. The molecular formula is C11H20N2O. The van der Waals surface area contributed by atoms with Crippen molar-refractivity contribution in [1.29, 1.82) is 0 Å². The van der Waals surface area contributed by atoms with Crippen LogP contribution >= 0.6 is 0 Å². The monoisotopic (exact) mass is 196 g/mol. The van der Waals surface area contributed by atoms with Gasteiger partial charge in [0.15, 0.2) is 0 Å². The molecule has 0 spiro atoms. The van der Waals surface area contributed by atoms with Crippen LogP contribution in [-0.4, -0.2) is 32.1 Å². The van der Waals surface area contributed by atoms with Crippen molar-refractivity contribution >= 4 is 0 Å². The first-order chi connectivity index (χ1) is 6.74. The van der Waals surface area contributed by atoms with Crippen molar-refractivity contribution < 1.29 is 4.42 Å². The van der Waals surface area contributed by atoms with Gasteiger partial charge in [-0.15, -0.1) is 0 Å². The highest BCUT2D eigenvalue weighted by Crippen LogP contribution is 2.10. The lowest BCUT2D eigenvalue weighted by Crippen LogP contribution is -2.22. The smallest absolute Gasteiger partial charge is 0.120 e. The molecule has 0 amide bonds. The molecule has 80 valence electrons. The van der Waals surface area contributed by atoms with Gasteiger partial charge in [-0.05, 0) is 52.2 Å². The Labute approximate surface area is 86.1 Å².